The van der Waals surface area contributed by atoms with Gasteiger partial charge in [0.15, 0.2) is 0 Å². The van der Waals surface area contributed by atoms with Crippen LogP contribution in [0.3, 0.4) is 0 Å². The minimum atomic E-state index is -0.0155. The first-order chi connectivity index (χ1) is 9.61. The van der Waals surface area contributed by atoms with Crippen molar-refractivity contribution in [2.24, 2.45) is 0 Å². The van der Waals surface area contributed by atoms with Gasteiger partial charge >= 0.3 is 6.03 Å². The number of rotatable bonds is 3. The van der Waals surface area contributed by atoms with Crippen molar-refractivity contribution in [3.8, 4) is 0 Å². The molecule has 0 spiro atoms. The predicted molar refractivity (Wildman–Crippen MR) is 79.8 cm³/mol. The zero-order chi connectivity index (χ0) is 14.2. The van der Waals surface area contributed by atoms with Crippen LogP contribution in [0.15, 0.2) is 11.6 Å². The van der Waals surface area contributed by atoms with Gasteiger partial charge in [-0.1, -0.05) is 0 Å². The van der Waals surface area contributed by atoms with Gasteiger partial charge in [-0.05, 0) is 25.7 Å². The summed E-state index contributed by atoms with van der Waals surface area (Å²) < 4.78 is 0. The summed E-state index contributed by atoms with van der Waals surface area (Å²) in [5.74, 6) is 0. The zero-order valence-electron chi connectivity index (χ0n) is 12.1. The number of carbonyl (C=O) groups excluding carboxylic acids is 1. The number of carbonyl (C=O) groups is 1. The predicted octanol–water partition coefficient (Wildman–Crippen LogP) is 1.87. The largest absolute Gasteiger partial charge is 0.331 e. The Balaban J connectivity index is 1.72. The number of amides is 2. The fourth-order valence-electron chi connectivity index (χ4n) is 2.86. The van der Waals surface area contributed by atoms with Crippen molar-refractivity contribution in [2.45, 2.75) is 37.3 Å². The zero-order valence-corrected chi connectivity index (χ0v) is 12.9. The molecular formula is C14H22N4OS. The van der Waals surface area contributed by atoms with E-state index in [1.807, 2.05) is 30.6 Å². The topological polar surface area (TPSA) is 48.5 Å². The van der Waals surface area contributed by atoms with Gasteiger partial charge in [0.1, 0.15) is 5.01 Å². The van der Waals surface area contributed by atoms with Crippen LogP contribution < -0.4 is 5.32 Å². The Morgan fingerprint density at radius 3 is 2.65 bits per heavy atom. The van der Waals surface area contributed by atoms with Gasteiger partial charge in [0.05, 0.1) is 5.54 Å². The molecule has 2 aliphatic rings. The molecule has 1 aromatic heterocycles. The van der Waals surface area contributed by atoms with Crippen LogP contribution in [0.5, 0.6) is 0 Å². The summed E-state index contributed by atoms with van der Waals surface area (Å²) in [7, 11) is 3.63. The highest BCUT2D eigenvalue weighted by Gasteiger charge is 2.42. The van der Waals surface area contributed by atoms with Crippen molar-refractivity contribution in [3.05, 3.63) is 16.6 Å². The Bertz CT molecular complexity index is 462. The summed E-state index contributed by atoms with van der Waals surface area (Å²) in [5, 5.41) is 7.02. The lowest BCUT2D eigenvalue weighted by Gasteiger charge is -2.42. The quantitative estimate of drug-likeness (QED) is 0.926. The van der Waals surface area contributed by atoms with Crippen LogP contribution in [0.25, 0.3) is 0 Å². The lowest BCUT2D eigenvalue weighted by molar-refractivity contribution is 0.123. The minimum Gasteiger partial charge on any atom is -0.331 e. The third kappa shape index (κ3) is 2.67. The molecule has 6 heteroatoms. The lowest BCUT2D eigenvalue weighted by Crippen LogP contribution is -2.54. The van der Waals surface area contributed by atoms with Crippen LogP contribution >= 0.6 is 11.3 Å². The normalized spacial score (nSPS) is 21.8. The number of hydrogen-bond donors (Lipinski definition) is 1. The first-order valence-electron chi connectivity index (χ1n) is 7.25. The summed E-state index contributed by atoms with van der Waals surface area (Å²) in [4.78, 5) is 20.2. The van der Waals surface area contributed by atoms with Gasteiger partial charge in [0, 0.05) is 44.8 Å². The Morgan fingerprint density at radius 2 is 2.15 bits per heavy atom. The van der Waals surface area contributed by atoms with E-state index in [4.69, 9.17) is 0 Å². The SMILES string of the molecule is CN(C)C(=O)N1CCC(NC2CC2)(c2nccs2)CC1. The average molecular weight is 294 g/mol. The van der Waals surface area contributed by atoms with Crippen LogP contribution in [0, 0.1) is 0 Å². The Morgan fingerprint density at radius 1 is 1.45 bits per heavy atom. The molecule has 0 radical (unpaired) electrons. The molecule has 0 bridgehead atoms. The summed E-state index contributed by atoms with van der Waals surface area (Å²) in [6.45, 7) is 1.60. The van der Waals surface area contributed by atoms with E-state index in [-0.39, 0.29) is 11.6 Å². The van der Waals surface area contributed by atoms with Gasteiger partial charge in [-0.15, -0.1) is 11.3 Å². The van der Waals surface area contributed by atoms with Crippen molar-refractivity contribution in [1.82, 2.24) is 20.1 Å². The van der Waals surface area contributed by atoms with E-state index in [9.17, 15) is 4.79 Å². The van der Waals surface area contributed by atoms with Gasteiger partial charge in [-0.25, -0.2) is 9.78 Å². The van der Waals surface area contributed by atoms with E-state index in [1.54, 1.807) is 16.2 Å². The molecule has 0 atom stereocenters. The molecule has 1 aliphatic carbocycles. The standard InChI is InChI=1S/C14H22N4OS/c1-17(2)13(19)18-8-5-14(6-9-18,16-11-3-4-11)12-15-7-10-20-12/h7,10-11,16H,3-6,8-9H2,1-2H3. The number of nitrogens with zero attached hydrogens (tertiary/aromatic N) is 3. The first-order valence-corrected chi connectivity index (χ1v) is 8.13. The van der Waals surface area contributed by atoms with Crippen LogP contribution in [0.1, 0.15) is 30.7 Å². The molecule has 1 aliphatic heterocycles. The molecule has 3 rings (SSSR count). The first kappa shape index (κ1) is 13.8. The number of hydrogen-bond acceptors (Lipinski definition) is 4. The van der Waals surface area contributed by atoms with Gasteiger partial charge < -0.3 is 15.1 Å². The summed E-state index contributed by atoms with van der Waals surface area (Å²) >= 11 is 1.73. The van der Waals surface area contributed by atoms with Crippen LogP contribution in [0.2, 0.25) is 0 Å². The lowest BCUT2D eigenvalue weighted by atomic mass is 9.88. The van der Waals surface area contributed by atoms with Gasteiger partial charge in [-0.2, -0.15) is 0 Å². The molecule has 110 valence electrons. The molecule has 2 fully saturated rings. The van der Waals surface area contributed by atoms with E-state index in [2.05, 4.69) is 10.3 Å². The van der Waals surface area contributed by atoms with E-state index < -0.39 is 0 Å². The van der Waals surface area contributed by atoms with Crippen LogP contribution in [-0.2, 0) is 5.54 Å². The minimum absolute atomic E-state index is 0.0155. The van der Waals surface area contributed by atoms with Crippen molar-refractivity contribution in [1.29, 1.82) is 0 Å². The van der Waals surface area contributed by atoms with Crippen LogP contribution in [0.4, 0.5) is 4.79 Å². The average Bonchev–Trinajstić information content (AvgIpc) is 3.08. The number of piperidine rings is 1. The second-order valence-electron chi connectivity index (χ2n) is 6.00. The maximum absolute atomic E-state index is 12.0. The molecule has 0 aromatic carbocycles. The highest BCUT2D eigenvalue weighted by Crippen LogP contribution is 2.37. The molecule has 1 aromatic rings. The Labute approximate surface area is 124 Å². The maximum Gasteiger partial charge on any atom is 0.319 e. The number of nitrogens with one attached hydrogen (secondary N) is 1. The molecule has 1 saturated carbocycles. The van der Waals surface area contributed by atoms with Crippen molar-refractivity contribution >= 4 is 17.4 Å². The van der Waals surface area contributed by atoms with Gasteiger partial charge in [0.2, 0.25) is 0 Å². The second kappa shape index (κ2) is 5.33. The van der Waals surface area contributed by atoms with E-state index >= 15 is 0 Å². The summed E-state index contributed by atoms with van der Waals surface area (Å²) in [6.07, 6.45) is 6.34. The molecule has 5 nitrogen and oxygen atoms in total. The maximum atomic E-state index is 12.0. The fraction of sp³-hybridized carbons (Fsp3) is 0.714. The molecule has 0 unspecified atom stereocenters. The van der Waals surface area contributed by atoms with E-state index in [0.29, 0.717) is 6.04 Å². The number of thiazole rings is 1. The molecule has 1 saturated heterocycles. The summed E-state index contributed by atoms with van der Waals surface area (Å²) in [5.41, 5.74) is -0.0155. The Kier molecular flexibility index (Phi) is 3.69. The molecule has 20 heavy (non-hydrogen) atoms. The van der Waals surface area contributed by atoms with Gasteiger partial charge in [0.25, 0.3) is 0 Å². The monoisotopic (exact) mass is 294 g/mol. The summed E-state index contributed by atoms with van der Waals surface area (Å²) in [6, 6.07) is 0.763. The molecule has 2 heterocycles. The highest BCUT2D eigenvalue weighted by atomic mass is 32.1. The molecular weight excluding hydrogens is 272 g/mol. The number of aromatic nitrogens is 1. The van der Waals surface area contributed by atoms with E-state index in [1.165, 1.54) is 17.8 Å². The Hall–Kier alpha value is -1.14. The van der Waals surface area contributed by atoms with Crippen molar-refractivity contribution in [3.63, 3.8) is 0 Å². The van der Waals surface area contributed by atoms with Gasteiger partial charge in [-0.3, -0.25) is 0 Å². The van der Waals surface area contributed by atoms with E-state index in [0.717, 1.165) is 25.9 Å². The highest BCUT2D eigenvalue weighted by molar-refractivity contribution is 7.09. The third-order valence-electron chi connectivity index (χ3n) is 4.17. The fourth-order valence-corrected chi connectivity index (χ4v) is 3.72. The van der Waals surface area contributed by atoms with Crippen molar-refractivity contribution < 1.29 is 4.79 Å². The molecule has 2 amide bonds. The third-order valence-corrected chi connectivity index (χ3v) is 5.15. The molecule has 1 N–H and O–H groups in total. The van der Waals surface area contributed by atoms with Crippen LogP contribution in [-0.4, -0.2) is 54.0 Å². The smallest absolute Gasteiger partial charge is 0.319 e. The van der Waals surface area contributed by atoms with Crippen molar-refractivity contribution in [2.75, 3.05) is 27.2 Å². The number of urea groups is 1. The second-order valence-corrected chi connectivity index (χ2v) is 6.90. The number of likely N-dealkylation sites (tertiary alicyclic amines) is 1.